The Morgan fingerprint density at radius 3 is 2.67 bits per heavy atom. The van der Waals surface area contributed by atoms with Crippen molar-refractivity contribution in [2.24, 2.45) is 10.1 Å². The van der Waals surface area contributed by atoms with Crippen LogP contribution in [-0.4, -0.2) is 17.9 Å². The molecule has 2 rings (SSSR count). The Hall–Kier alpha value is -2.19. The van der Waals surface area contributed by atoms with E-state index in [1.54, 1.807) is 41.4 Å². The highest BCUT2D eigenvalue weighted by molar-refractivity contribution is 7.07. The van der Waals surface area contributed by atoms with Gasteiger partial charge in [-0.25, -0.2) is 4.68 Å². The molecule has 0 aliphatic rings. The SMILES string of the molecule is CN=c1scc(C)n1/N=C\c1ccc(C#N)cc1. The molecule has 0 aliphatic carbocycles. The third kappa shape index (κ3) is 2.55. The predicted octanol–water partition coefficient (Wildman–Crippen LogP) is 2.14. The summed E-state index contributed by atoms with van der Waals surface area (Å²) < 4.78 is 1.79. The average molecular weight is 256 g/mol. The second kappa shape index (κ2) is 5.43. The van der Waals surface area contributed by atoms with Gasteiger partial charge in [-0.15, -0.1) is 11.3 Å². The minimum Gasteiger partial charge on any atom is -0.261 e. The maximum Gasteiger partial charge on any atom is 0.205 e. The van der Waals surface area contributed by atoms with Gasteiger partial charge in [0.25, 0.3) is 0 Å². The van der Waals surface area contributed by atoms with Crippen LogP contribution in [0.4, 0.5) is 0 Å². The maximum absolute atomic E-state index is 8.71. The maximum atomic E-state index is 8.71. The van der Waals surface area contributed by atoms with Crippen molar-refractivity contribution in [3.8, 4) is 6.07 Å². The van der Waals surface area contributed by atoms with Gasteiger partial charge in [-0.3, -0.25) is 4.99 Å². The first kappa shape index (κ1) is 12.3. The molecule has 1 aromatic heterocycles. The zero-order chi connectivity index (χ0) is 13.0. The lowest BCUT2D eigenvalue weighted by molar-refractivity contribution is 0.805. The second-order valence-electron chi connectivity index (χ2n) is 3.67. The highest BCUT2D eigenvalue weighted by atomic mass is 32.1. The fourth-order valence-corrected chi connectivity index (χ4v) is 2.22. The van der Waals surface area contributed by atoms with Crippen LogP contribution in [0.25, 0.3) is 0 Å². The van der Waals surface area contributed by atoms with Gasteiger partial charge in [-0.1, -0.05) is 12.1 Å². The lowest BCUT2D eigenvalue weighted by atomic mass is 10.2. The summed E-state index contributed by atoms with van der Waals surface area (Å²) in [6.45, 7) is 1.99. The third-order valence-electron chi connectivity index (χ3n) is 2.40. The van der Waals surface area contributed by atoms with Crippen molar-refractivity contribution in [2.45, 2.75) is 6.92 Å². The molecule has 0 spiro atoms. The molecule has 0 saturated heterocycles. The summed E-state index contributed by atoms with van der Waals surface area (Å²) in [7, 11) is 1.75. The number of thiazole rings is 1. The lowest BCUT2D eigenvalue weighted by Crippen LogP contribution is -2.11. The third-order valence-corrected chi connectivity index (χ3v) is 3.43. The zero-order valence-corrected chi connectivity index (χ0v) is 11.0. The van der Waals surface area contributed by atoms with E-state index in [1.165, 1.54) is 0 Å². The van der Waals surface area contributed by atoms with Gasteiger partial charge in [-0.2, -0.15) is 10.4 Å². The molecule has 4 nitrogen and oxygen atoms in total. The molecule has 1 aromatic carbocycles. The molecule has 90 valence electrons. The van der Waals surface area contributed by atoms with Crippen LogP contribution in [0, 0.1) is 18.3 Å². The normalized spacial score (nSPS) is 11.9. The minimum absolute atomic E-state index is 0.649. The largest absolute Gasteiger partial charge is 0.261 e. The summed E-state index contributed by atoms with van der Waals surface area (Å²) >= 11 is 1.56. The van der Waals surface area contributed by atoms with E-state index in [0.29, 0.717) is 5.56 Å². The molecule has 1 heterocycles. The average Bonchev–Trinajstić information content (AvgIpc) is 2.77. The van der Waals surface area contributed by atoms with E-state index in [2.05, 4.69) is 16.2 Å². The molecule has 18 heavy (non-hydrogen) atoms. The Kier molecular flexibility index (Phi) is 3.70. The van der Waals surface area contributed by atoms with E-state index >= 15 is 0 Å². The Bertz CT molecular complexity index is 668. The van der Waals surface area contributed by atoms with Gasteiger partial charge in [0.15, 0.2) is 0 Å². The fraction of sp³-hybridized carbons (Fsp3) is 0.154. The van der Waals surface area contributed by atoms with Gasteiger partial charge in [0.05, 0.1) is 23.5 Å². The summed E-state index contributed by atoms with van der Waals surface area (Å²) in [5.74, 6) is 0. The van der Waals surface area contributed by atoms with Crippen molar-refractivity contribution in [3.05, 3.63) is 51.3 Å². The summed E-state index contributed by atoms with van der Waals surface area (Å²) in [5.41, 5.74) is 2.65. The van der Waals surface area contributed by atoms with Gasteiger partial charge < -0.3 is 0 Å². The quantitative estimate of drug-likeness (QED) is 0.759. The molecule has 2 aromatic rings. The van der Waals surface area contributed by atoms with Crippen LogP contribution in [0.2, 0.25) is 0 Å². The molecule has 0 aliphatic heterocycles. The first-order valence-corrected chi connectivity index (χ1v) is 6.27. The molecular weight excluding hydrogens is 244 g/mol. The predicted molar refractivity (Wildman–Crippen MR) is 72.7 cm³/mol. The van der Waals surface area contributed by atoms with E-state index in [0.717, 1.165) is 16.1 Å². The van der Waals surface area contributed by atoms with E-state index in [-0.39, 0.29) is 0 Å². The van der Waals surface area contributed by atoms with Crippen LogP contribution in [0.5, 0.6) is 0 Å². The number of aromatic nitrogens is 1. The molecule has 0 bridgehead atoms. The topological polar surface area (TPSA) is 53.4 Å². The van der Waals surface area contributed by atoms with E-state index < -0.39 is 0 Å². The van der Waals surface area contributed by atoms with E-state index in [1.807, 2.05) is 24.4 Å². The smallest absolute Gasteiger partial charge is 0.205 e. The van der Waals surface area contributed by atoms with Gasteiger partial charge in [0, 0.05) is 12.4 Å². The number of hydrogen-bond acceptors (Lipinski definition) is 4. The molecule has 0 saturated carbocycles. The molecule has 0 unspecified atom stereocenters. The number of benzene rings is 1. The van der Waals surface area contributed by atoms with Gasteiger partial charge in [0.2, 0.25) is 4.80 Å². The summed E-state index contributed by atoms with van der Waals surface area (Å²) in [5, 5.41) is 15.1. The molecule has 0 fully saturated rings. The van der Waals surface area contributed by atoms with Crippen molar-refractivity contribution in [1.29, 1.82) is 5.26 Å². The van der Waals surface area contributed by atoms with Gasteiger partial charge in [0.1, 0.15) is 0 Å². The Balaban J connectivity index is 2.30. The summed E-state index contributed by atoms with van der Waals surface area (Å²) in [4.78, 5) is 5.01. The molecular formula is C13H12N4S. The fourth-order valence-electron chi connectivity index (χ4n) is 1.44. The monoisotopic (exact) mass is 256 g/mol. The van der Waals surface area contributed by atoms with E-state index in [4.69, 9.17) is 5.26 Å². The first-order valence-electron chi connectivity index (χ1n) is 5.39. The van der Waals surface area contributed by atoms with Crippen LogP contribution in [0.1, 0.15) is 16.8 Å². The van der Waals surface area contributed by atoms with Crippen LogP contribution >= 0.6 is 11.3 Å². The van der Waals surface area contributed by atoms with Crippen molar-refractivity contribution >= 4 is 17.6 Å². The highest BCUT2D eigenvalue weighted by Gasteiger charge is 1.97. The first-order chi connectivity index (χ1) is 8.74. The van der Waals surface area contributed by atoms with Crippen LogP contribution in [0.15, 0.2) is 39.7 Å². The zero-order valence-electron chi connectivity index (χ0n) is 10.2. The highest BCUT2D eigenvalue weighted by Crippen LogP contribution is 2.02. The number of nitriles is 1. The number of hydrogen-bond donors (Lipinski definition) is 0. The lowest BCUT2D eigenvalue weighted by Gasteiger charge is -1.97. The summed E-state index contributed by atoms with van der Waals surface area (Å²) in [6.07, 6.45) is 1.76. The molecule has 5 heteroatoms. The molecule has 0 atom stereocenters. The second-order valence-corrected chi connectivity index (χ2v) is 4.51. The standard InChI is InChI=1S/C13H12N4S/c1-10-9-18-13(15-2)17(10)16-8-12-5-3-11(7-14)4-6-12/h3-6,8-9H,1-2H3/b15-13?,16-8-. The van der Waals surface area contributed by atoms with Gasteiger partial charge >= 0.3 is 0 Å². The molecule has 0 N–H and O–H groups in total. The number of nitrogens with zero attached hydrogens (tertiary/aromatic N) is 4. The minimum atomic E-state index is 0.649. The number of aryl methyl sites for hydroxylation is 1. The molecule has 0 amide bonds. The Morgan fingerprint density at radius 1 is 1.33 bits per heavy atom. The number of rotatable bonds is 2. The van der Waals surface area contributed by atoms with Crippen molar-refractivity contribution in [1.82, 2.24) is 4.68 Å². The van der Waals surface area contributed by atoms with E-state index in [9.17, 15) is 0 Å². The van der Waals surface area contributed by atoms with Crippen LogP contribution in [0.3, 0.4) is 0 Å². The molecule has 0 radical (unpaired) electrons. The Morgan fingerprint density at radius 2 is 2.06 bits per heavy atom. The van der Waals surface area contributed by atoms with Crippen molar-refractivity contribution in [3.63, 3.8) is 0 Å². The van der Waals surface area contributed by atoms with Crippen LogP contribution < -0.4 is 4.80 Å². The van der Waals surface area contributed by atoms with Crippen molar-refractivity contribution in [2.75, 3.05) is 7.05 Å². The summed E-state index contributed by atoms with van der Waals surface area (Å²) in [6, 6.07) is 9.38. The van der Waals surface area contributed by atoms with Crippen LogP contribution in [-0.2, 0) is 0 Å². The van der Waals surface area contributed by atoms with Crippen molar-refractivity contribution < 1.29 is 0 Å². The Labute approximate surface area is 109 Å². The van der Waals surface area contributed by atoms with Gasteiger partial charge in [-0.05, 0) is 24.6 Å².